The molecule has 1 fully saturated rings. The number of aromatic nitrogens is 2. The third-order valence-electron chi connectivity index (χ3n) is 3.49. The molecule has 94 valence electrons. The minimum absolute atomic E-state index is 0.377. The van der Waals surface area contributed by atoms with E-state index in [9.17, 15) is 0 Å². The molecule has 1 aliphatic rings. The van der Waals surface area contributed by atoms with Crippen molar-refractivity contribution in [3.05, 3.63) is 11.8 Å². The first-order valence-electron chi connectivity index (χ1n) is 6.22. The van der Waals surface area contributed by atoms with E-state index in [1.54, 1.807) is 0 Å². The van der Waals surface area contributed by atoms with E-state index in [2.05, 4.69) is 20.6 Å². The summed E-state index contributed by atoms with van der Waals surface area (Å²) in [6.07, 6.45) is 6.41. The first-order chi connectivity index (χ1) is 8.24. The molecule has 0 unspecified atom stereocenters. The van der Waals surface area contributed by atoms with Gasteiger partial charge < -0.3 is 16.4 Å². The first-order valence-corrected chi connectivity index (χ1v) is 6.22. The van der Waals surface area contributed by atoms with Crippen molar-refractivity contribution in [2.75, 3.05) is 24.7 Å². The maximum Gasteiger partial charge on any atom is 0.224 e. The molecule has 5 nitrogen and oxygen atoms in total. The van der Waals surface area contributed by atoms with Crippen molar-refractivity contribution in [1.29, 1.82) is 0 Å². The van der Waals surface area contributed by atoms with Crippen molar-refractivity contribution in [2.24, 2.45) is 5.73 Å². The van der Waals surface area contributed by atoms with Gasteiger partial charge in [-0.2, -0.15) is 4.98 Å². The Bertz CT molecular complexity index is 371. The lowest BCUT2D eigenvalue weighted by molar-refractivity contribution is 0.395. The maximum atomic E-state index is 5.93. The van der Waals surface area contributed by atoms with Crippen molar-refractivity contribution in [2.45, 2.75) is 37.6 Å². The fourth-order valence-electron chi connectivity index (χ4n) is 2.44. The van der Waals surface area contributed by atoms with Gasteiger partial charge in [-0.15, -0.1) is 0 Å². The number of nitrogens with one attached hydrogen (secondary N) is 2. The van der Waals surface area contributed by atoms with Crippen molar-refractivity contribution >= 4 is 11.8 Å². The predicted octanol–water partition coefficient (Wildman–Crippen LogP) is 1.54. The molecule has 2 rings (SSSR count). The quantitative estimate of drug-likeness (QED) is 0.741. The second kappa shape index (κ2) is 5.31. The average Bonchev–Trinajstić information content (AvgIpc) is 2.39. The molecule has 0 atom stereocenters. The second-order valence-corrected chi connectivity index (χ2v) is 4.61. The number of nitrogens with zero attached hydrogens (tertiary/aromatic N) is 2. The van der Waals surface area contributed by atoms with E-state index in [0.717, 1.165) is 31.5 Å². The minimum Gasteiger partial charge on any atom is -0.373 e. The third-order valence-corrected chi connectivity index (χ3v) is 3.49. The van der Waals surface area contributed by atoms with Gasteiger partial charge in [0, 0.05) is 31.9 Å². The van der Waals surface area contributed by atoms with E-state index in [1.165, 1.54) is 5.56 Å². The van der Waals surface area contributed by atoms with E-state index in [-0.39, 0.29) is 0 Å². The van der Waals surface area contributed by atoms with E-state index in [0.29, 0.717) is 17.9 Å². The fraction of sp³-hybridized carbons (Fsp3) is 0.667. The molecule has 1 aliphatic carbocycles. The van der Waals surface area contributed by atoms with Gasteiger partial charge in [-0.3, -0.25) is 0 Å². The Morgan fingerprint density at radius 1 is 1.18 bits per heavy atom. The van der Waals surface area contributed by atoms with Crippen LogP contribution in [0.15, 0.2) is 6.20 Å². The Morgan fingerprint density at radius 3 is 2.47 bits per heavy atom. The van der Waals surface area contributed by atoms with Gasteiger partial charge in [0.25, 0.3) is 0 Å². The Balaban J connectivity index is 2.19. The molecular formula is C12H21N5. The zero-order chi connectivity index (χ0) is 12.3. The van der Waals surface area contributed by atoms with E-state index < -0.39 is 0 Å². The van der Waals surface area contributed by atoms with Crippen molar-refractivity contribution in [3.63, 3.8) is 0 Å². The molecule has 17 heavy (non-hydrogen) atoms. The molecule has 5 heteroatoms. The van der Waals surface area contributed by atoms with Crippen LogP contribution in [0, 0.1) is 0 Å². The molecule has 1 saturated carbocycles. The largest absolute Gasteiger partial charge is 0.373 e. The van der Waals surface area contributed by atoms with E-state index >= 15 is 0 Å². The van der Waals surface area contributed by atoms with Crippen LogP contribution >= 0.6 is 0 Å². The number of hydrogen-bond donors (Lipinski definition) is 3. The highest BCUT2D eigenvalue weighted by atomic mass is 15.1. The molecular weight excluding hydrogens is 214 g/mol. The lowest BCUT2D eigenvalue weighted by atomic mass is 9.82. The minimum atomic E-state index is 0.377. The van der Waals surface area contributed by atoms with Gasteiger partial charge in [0.15, 0.2) is 0 Å². The summed E-state index contributed by atoms with van der Waals surface area (Å²) in [6.45, 7) is 0. The van der Waals surface area contributed by atoms with Crippen LogP contribution in [0.1, 0.15) is 37.2 Å². The monoisotopic (exact) mass is 235 g/mol. The van der Waals surface area contributed by atoms with Crippen LogP contribution in [0.2, 0.25) is 0 Å². The standard InChI is InChI=1S/C12H21N5/c1-14-11-10(7-16-12(15-2)17-11)8-3-5-9(13)6-4-8/h7-9H,3-6,13H2,1-2H3,(H2,14,15,16,17)/t8-,9+. The van der Waals surface area contributed by atoms with Gasteiger partial charge in [-0.05, 0) is 31.6 Å². The summed E-state index contributed by atoms with van der Waals surface area (Å²) in [4.78, 5) is 8.75. The van der Waals surface area contributed by atoms with Crippen molar-refractivity contribution < 1.29 is 0 Å². The number of rotatable bonds is 3. The maximum absolute atomic E-state index is 5.93. The van der Waals surface area contributed by atoms with Gasteiger partial charge in [0.1, 0.15) is 5.82 Å². The molecule has 0 spiro atoms. The van der Waals surface area contributed by atoms with Gasteiger partial charge >= 0.3 is 0 Å². The number of hydrogen-bond acceptors (Lipinski definition) is 5. The van der Waals surface area contributed by atoms with Gasteiger partial charge in [-0.1, -0.05) is 0 Å². The summed E-state index contributed by atoms with van der Waals surface area (Å²) in [7, 11) is 3.73. The molecule has 4 N–H and O–H groups in total. The van der Waals surface area contributed by atoms with Crippen molar-refractivity contribution in [1.82, 2.24) is 9.97 Å². The fourth-order valence-corrected chi connectivity index (χ4v) is 2.44. The Labute approximate surface area is 102 Å². The topological polar surface area (TPSA) is 75.9 Å². The van der Waals surface area contributed by atoms with Crippen LogP contribution < -0.4 is 16.4 Å². The molecule has 1 aromatic heterocycles. The lowest BCUT2D eigenvalue weighted by Gasteiger charge is -2.27. The van der Waals surface area contributed by atoms with Gasteiger partial charge in [0.05, 0.1) is 0 Å². The second-order valence-electron chi connectivity index (χ2n) is 4.61. The van der Waals surface area contributed by atoms with Crippen molar-refractivity contribution in [3.8, 4) is 0 Å². The Kier molecular flexibility index (Phi) is 3.78. The molecule has 1 aromatic rings. The van der Waals surface area contributed by atoms with Crippen LogP contribution in [0.25, 0.3) is 0 Å². The summed E-state index contributed by atoms with van der Waals surface area (Å²) in [6, 6.07) is 0.377. The molecule has 0 aromatic carbocycles. The number of nitrogens with two attached hydrogens (primary N) is 1. The molecule has 0 amide bonds. The number of anilines is 2. The summed E-state index contributed by atoms with van der Waals surface area (Å²) >= 11 is 0. The Hall–Kier alpha value is -1.36. The highest BCUT2D eigenvalue weighted by Crippen LogP contribution is 2.35. The first kappa shape index (κ1) is 12.1. The summed E-state index contributed by atoms with van der Waals surface area (Å²) < 4.78 is 0. The van der Waals surface area contributed by atoms with Gasteiger partial charge in [-0.25, -0.2) is 4.98 Å². The van der Waals surface area contributed by atoms with Crippen LogP contribution in [-0.2, 0) is 0 Å². The molecule has 0 radical (unpaired) electrons. The van der Waals surface area contributed by atoms with E-state index in [1.807, 2.05) is 20.3 Å². The van der Waals surface area contributed by atoms with E-state index in [4.69, 9.17) is 5.73 Å². The molecule has 1 heterocycles. The van der Waals surface area contributed by atoms with Crippen LogP contribution in [-0.4, -0.2) is 30.1 Å². The summed E-state index contributed by atoms with van der Waals surface area (Å²) in [5.74, 6) is 2.14. The zero-order valence-corrected chi connectivity index (χ0v) is 10.5. The molecule has 0 aliphatic heterocycles. The van der Waals surface area contributed by atoms with Gasteiger partial charge in [0.2, 0.25) is 5.95 Å². The smallest absolute Gasteiger partial charge is 0.224 e. The summed E-state index contributed by atoms with van der Waals surface area (Å²) in [5, 5.41) is 6.11. The normalized spacial score (nSPS) is 24.4. The molecule has 0 saturated heterocycles. The van der Waals surface area contributed by atoms with Crippen LogP contribution in [0.3, 0.4) is 0 Å². The lowest BCUT2D eigenvalue weighted by Crippen LogP contribution is -2.26. The van der Waals surface area contributed by atoms with Crippen LogP contribution in [0.4, 0.5) is 11.8 Å². The SMILES string of the molecule is CNc1ncc([C@H]2CC[C@@H](N)CC2)c(NC)n1. The third kappa shape index (κ3) is 2.66. The Morgan fingerprint density at radius 2 is 1.88 bits per heavy atom. The van der Waals surface area contributed by atoms with Crippen LogP contribution in [0.5, 0.6) is 0 Å². The highest BCUT2D eigenvalue weighted by molar-refractivity contribution is 5.48. The molecule has 0 bridgehead atoms. The predicted molar refractivity (Wildman–Crippen MR) is 70.3 cm³/mol. The highest BCUT2D eigenvalue weighted by Gasteiger charge is 2.23. The average molecular weight is 235 g/mol. The zero-order valence-electron chi connectivity index (χ0n) is 10.5. The summed E-state index contributed by atoms with van der Waals surface area (Å²) in [5.41, 5.74) is 7.16.